The second kappa shape index (κ2) is 9.28. The first kappa shape index (κ1) is 19.8. The molecular weight excluding hydrogens is 350 g/mol. The van der Waals surface area contributed by atoms with Crippen LogP contribution in [0, 0.1) is 6.92 Å². The molecule has 0 saturated carbocycles. The molecule has 0 aliphatic carbocycles. The maximum Gasteiger partial charge on any atom is 0.218 e. The van der Waals surface area contributed by atoms with E-state index in [4.69, 9.17) is 4.74 Å². The van der Waals surface area contributed by atoms with Crippen LogP contribution in [-0.2, 0) is 20.5 Å². The topological polar surface area (TPSA) is 61.9 Å². The molecule has 1 atom stereocenters. The van der Waals surface area contributed by atoms with Crippen LogP contribution in [-0.4, -0.2) is 76.1 Å². The van der Waals surface area contributed by atoms with E-state index in [1.54, 1.807) is 4.31 Å². The highest BCUT2D eigenvalue weighted by atomic mass is 32.2. The number of ether oxygens (including phenoxy) is 1. The molecular formula is C19H31N3O3S. The van der Waals surface area contributed by atoms with Crippen LogP contribution in [0.3, 0.4) is 0 Å². The standard InChI is InChI=1S/C19H31N3O3S/c1-17-4-6-18(7-5-17)16-26(23,24)22(19-3-2-8-20-15-19)10-9-21-11-13-25-14-12-21/h4-7,19-20H,2-3,8-16H2,1H3. The Morgan fingerprint density at radius 1 is 1.23 bits per heavy atom. The maximum absolute atomic E-state index is 13.2. The van der Waals surface area contributed by atoms with Gasteiger partial charge in [-0.2, -0.15) is 4.31 Å². The quantitative estimate of drug-likeness (QED) is 0.769. The average Bonchev–Trinajstić information content (AvgIpc) is 2.65. The summed E-state index contributed by atoms with van der Waals surface area (Å²) in [4.78, 5) is 2.30. The Kier molecular flexibility index (Phi) is 7.05. The average molecular weight is 382 g/mol. The van der Waals surface area contributed by atoms with E-state index in [0.29, 0.717) is 6.54 Å². The molecule has 3 rings (SSSR count). The third-order valence-electron chi connectivity index (χ3n) is 5.25. The summed E-state index contributed by atoms with van der Waals surface area (Å²) in [6, 6.07) is 7.86. The van der Waals surface area contributed by atoms with Gasteiger partial charge < -0.3 is 10.1 Å². The van der Waals surface area contributed by atoms with Crippen molar-refractivity contribution >= 4 is 10.0 Å². The van der Waals surface area contributed by atoms with Crippen LogP contribution < -0.4 is 5.32 Å². The lowest BCUT2D eigenvalue weighted by Gasteiger charge is -2.36. The number of aryl methyl sites for hydroxylation is 1. The van der Waals surface area contributed by atoms with E-state index >= 15 is 0 Å². The maximum atomic E-state index is 13.2. The van der Waals surface area contributed by atoms with E-state index in [2.05, 4.69) is 10.2 Å². The lowest BCUT2D eigenvalue weighted by Crippen LogP contribution is -2.52. The molecule has 2 fully saturated rings. The van der Waals surface area contributed by atoms with Gasteiger partial charge in [-0.25, -0.2) is 8.42 Å². The Hall–Kier alpha value is -0.990. The highest BCUT2D eigenvalue weighted by Crippen LogP contribution is 2.19. The number of hydrogen-bond donors (Lipinski definition) is 1. The van der Waals surface area contributed by atoms with Crippen LogP contribution in [0.4, 0.5) is 0 Å². The molecule has 6 nitrogen and oxygen atoms in total. The molecule has 0 bridgehead atoms. The fourth-order valence-corrected chi connectivity index (χ4v) is 5.44. The normalized spacial score (nSPS) is 22.6. The van der Waals surface area contributed by atoms with Crippen molar-refractivity contribution in [2.45, 2.75) is 31.6 Å². The molecule has 1 N–H and O–H groups in total. The summed E-state index contributed by atoms with van der Waals surface area (Å²) < 4.78 is 33.6. The van der Waals surface area contributed by atoms with Gasteiger partial charge in [0.05, 0.1) is 19.0 Å². The molecule has 26 heavy (non-hydrogen) atoms. The molecule has 2 aliphatic heterocycles. The second-order valence-electron chi connectivity index (χ2n) is 7.31. The van der Waals surface area contributed by atoms with Crippen molar-refractivity contribution in [3.8, 4) is 0 Å². The minimum atomic E-state index is -3.35. The zero-order valence-electron chi connectivity index (χ0n) is 15.7. The van der Waals surface area contributed by atoms with E-state index in [-0.39, 0.29) is 11.8 Å². The fraction of sp³-hybridized carbons (Fsp3) is 0.684. The van der Waals surface area contributed by atoms with Crippen molar-refractivity contribution in [3.05, 3.63) is 35.4 Å². The molecule has 2 heterocycles. The first-order chi connectivity index (χ1) is 12.5. The highest BCUT2D eigenvalue weighted by Gasteiger charge is 2.31. The molecule has 0 aromatic heterocycles. The van der Waals surface area contributed by atoms with Crippen molar-refractivity contribution in [2.24, 2.45) is 0 Å². The lowest BCUT2D eigenvalue weighted by atomic mass is 10.1. The van der Waals surface area contributed by atoms with Gasteiger partial charge in [0.15, 0.2) is 0 Å². The van der Waals surface area contributed by atoms with Gasteiger partial charge in [0.2, 0.25) is 10.0 Å². The van der Waals surface area contributed by atoms with Gasteiger partial charge in [0.25, 0.3) is 0 Å². The monoisotopic (exact) mass is 381 g/mol. The SMILES string of the molecule is Cc1ccc(CS(=O)(=O)N(CCN2CCOCC2)C2CCCNC2)cc1. The molecule has 0 radical (unpaired) electrons. The van der Waals surface area contributed by atoms with Crippen LogP contribution in [0.2, 0.25) is 0 Å². The van der Waals surface area contributed by atoms with Gasteiger partial charge in [0.1, 0.15) is 0 Å². The number of piperidine rings is 1. The van der Waals surface area contributed by atoms with E-state index in [0.717, 1.165) is 69.9 Å². The van der Waals surface area contributed by atoms with E-state index < -0.39 is 10.0 Å². The molecule has 1 aromatic rings. The molecule has 0 spiro atoms. The minimum Gasteiger partial charge on any atom is -0.379 e. The van der Waals surface area contributed by atoms with Crippen LogP contribution in [0.5, 0.6) is 0 Å². The van der Waals surface area contributed by atoms with Gasteiger partial charge in [-0.1, -0.05) is 29.8 Å². The first-order valence-electron chi connectivity index (χ1n) is 9.60. The predicted octanol–water partition coefficient (Wildman–Crippen LogP) is 1.21. The summed E-state index contributed by atoms with van der Waals surface area (Å²) >= 11 is 0. The van der Waals surface area contributed by atoms with Crippen molar-refractivity contribution in [1.82, 2.24) is 14.5 Å². The summed E-state index contributed by atoms with van der Waals surface area (Å²) in [6.45, 7) is 8.31. The zero-order chi connectivity index (χ0) is 18.4. The number of sulfonamides is 1. The Balaban J connectivity index is 1.70. The van der Waals surface area contributed by atoms with Crippen molar-refractivity contribution in [1.29, 1.82) is 0 Å². The minimum absolute atomic E-state index is 0.0558. The Bertz CT molecular complexity index is 651. The van der Waals surface area contributed by atoms with Gasteiger partial charge in [-0.05, 0) is 31.9 Å². The van der Waals surface area contributed by atoms with Crippen molar-refractivity contribution in [2.75, 3.05) is 52.5 Å². The number of morpholine rings is 1. The summed E-state index contributed by atoms with van der Waals surface area (Å²) in [5.41, 5.74) is 2.00. The van der Waals surface area contributed by atoms with Crippen LogP contribution in [0.25, 0.3) is 0 Å². The van der Waals surface area contributed by atoms with Gasteiger partial charge >= 0.3 is 0 Å². The summed E-state index contributed by atoms with van der Waals surface area (Å²) in [5, 5.41) is 3.36. The fourth-order valence-electron chi connectivity index (χ4n) is 3.67. The van der Waals surface area contributed by atoms with Crippen LogP contribution in [0.1, 0.15) is 24.0 Å². The lowest BCUT2D eigenvalue weighted by molar-refractivity contribution is 0.0349. The molecule has 0 amide bonds. The van der Waals surface area contributed by atoms with Crippen molar-refractivity contribution in [3.63, 3.8) is 0 Å². The van der Waals surface area contributed by atoms with Crippen LogP contribution in [0.15, 0.2) is 24.3 Å². The van der Waals surface area contributed by atoms with Gasteiger partial charge in [0, 0.05) is 38.8 Å². The summed E-state index contributed by atoms with van der Waals surface area (Å²) in [5.74, 6) is 0.0763. The molecule has 1 aromatic carbocycles. The zero-order valence-corrected chi connectivity index (χ0v) is 16.5. The smallest absolute Gasteiger partial charge is 0.218 e. The van der Waals surface area contributed by atoms with E-state index in [1.807, 2.05) is 31.2 Å². The van der Waals surface area contributed by atoms with E-state index in [1.165, 1.54) is 0 Å². The van der Waals surface area contributed by atoms with Crippen LogP contribution >= 0.6 is 0 Å². The third kappa shape index (κ3) is 5.50. The first-order valence-corrected chi connectivity index (χ1v) is 11.2. The Labute approximate surface area is 157 Å². The number of benzene rings is 1. The predicted molar refractivity (Wildman–Crippen MR) is 104 cm³/mol. The largest absolute Gasteiger partial charge is 0.379 e. The second-order valence-corrected chi connectivity index (χ2v) is 9.23. The van der Waals surface area contributed by atoms with Gasteiger partial charge in [-0.15, -0.1) is 0 Å². The van der Waals surface area contributed by atoms with Gasteiger partial charge in [-0.3, -0.25) is 4.90 Å². The number of nitrogens with one attached hydrogen (secondary N) is 1. The number of hydrogen-bond acceptors (Lipinski definition) is 5. The van der Waals surface area contributed by atoms with Crippen molar-refractivity contribution < 1.29 is 13.2 Å². The summed E-state index contributed by atoms with van der Waals surface area (Å²) in [6.07, 6.45) is 1.96. The molecule has 146 valence electrons. The molecule has 2 aliphatic rings. The molecule has 2 saturated heterocycles. The third-order valence-corrected chi connectivity index (χ3v) is 7.14. The highest BCUT2D eigenvalue weighted by molar-refractivity contribution is 7.88. The summed E-state index contributed by atoms with van der Waals surface area (Å²) in [7, 11) is -3.35. The molecule has 7 heteroatoms. The molecule has 1 unspecified atom stereocenters. The Morgan fingerprint density at radius 3 is 2.62 bits per heavy atom. The Morgan fingerprint density at radius 2 is 1.96 bits per heavy atom. The number of rotatable bonds is 7. The number of nitrogens with zero attached hydrogens (tertiary/aromatic N) is 2. The van der Waals surface area contributed by atoms with E-state index in [9.17, 15) is 8.42 Å².